The van der Waals surface area contributed by atoms with Crippen LogP contribution in [0.25, 0.3) is 17.1 Å². The van der Waals surface area contributed by atoms with Gasteiger partial charge in [0.05, 0.1) is 0 Å². The van der Waals surface area contributed by atoms with Gasteiger partial charge < -0.3 is 0 Å². The Labute approximate surface area is 142 Å². The van der Waals surface area contributed by atoms with E-state index >= 15 is 0 Å². The van der Waals surface area contributed by atoms with Crippen LogP contribution in [0, 0.1) is 5.82 Å². The van der Waals surface area contributed by atoms with Crippen molar-refractivity contribution < 1.29 is 4.39 Å². The maximum atomic E-state index is 13.2. The third-order valence-electron chi connectivity index (χ3n) is 3.01. The summed E-state index contributed by atoms with van der Waals surface area (Å²) in [5.74, 6) is 0.870. The van der Waals surface area contributed by atoms with Crippen molar-refractivity contribution in [3.63, 3.8) is 0 Å². The van der Waals surface area contributed by atoms with Crippen molar-refractivity contribution in [2.75, 3.05) is 5.75 Å². The second kappa shape index (κ2) is 6.93. The van der Waals surface area contributed by atoms with Crippen LogP contribution in [0.1, 0.15) is 0 Å². The molecule has 0 saturated heterocycles. The Morgan fingerprint density at radius 2 is 1.83 bits per heavy atom. The topological polar surface area (TPSA) is 43.6 Å². The number of hydrogen-bond acceptors (Lipinski definition) is 4. The number of rotatable bonds is 5. The molecule has 0 spiro atoms. The van der Waals surface area contributed by atoms with Crippen molar-refractivity contribution >= 4 is 23.4 Å². The van der Waals surface area contributed by atoms with E-state index in [9.17, 15) is 4.39 Å². The second-order valence-corrected chi connectivity index (χ2v) is 6.14. The first-order valence-corrected chi connectivity index (χ1v) is 8.09. The molecule has 0 aliphatic heterocycles. The highest BCUT2D eigenvalue weighted by Gasteiger charge is 2.16. The molecule has 1 aromatic carbocycles. The number of nitrogens with zero attached hydrogens (tertiary/aromatic N) is 4. The molecular formula is C16H12ClFN4S. The molecule has 0 aliphatic carbocycles. The molecule has 116 valence electrons. The Hall–Kier alpha value is -2.18. The van der Waals surface area contributed by atoms with Crippen LogP contribution in [-0.4, -0.2) is 25.5 Å². The SMILES string of the molecule is C=C(Cl)CSc1nnc(-c2ccncc2)n1-c1ccc(F)cc1. The fourth-order valence-corrected chi connectivity index (χ4v) is 2.89. The fraction of sp³-hybridized carbons (Fsp3) is 0.0625. The summed E-state index contributed by atoms with van der Waals surface area (Å²) in [5.41, 5.74) is 1.64. The molecule has 0 atom stereocenters. The molecule has 0 aliphatic rings. The minimum absolute atomic E-state index is 0.296. The average Bonchev–Trinajstić information content (AvgIpc) is 2.98. The first-order chi connectivity index (χ1) is 11.1. The Morgan fingerprint density at radius 3 is 2.48 bits per heavy atom. The number of halogens is 2. The average molecular weight is 347 g/mol. The molecule has 3 rings (SSSR count). The van der Waals surface area contributed by atoms with Crippen molar-refractivity contribution in [1.82, 2.24) is 19.7 Å². The fourth-order valence-electron chi connectivity index (χ4n) is 2.02. The van der Waals surface area contributed by atoms with Crippen LogP contribution in [0.4, 0.5) is 4.39 Å². The second-order valence-electron chi connectivity index (χ2n) is 4.66. The van der Waals surface area contributed by atoms with Gasteiger partial charge in [-0.25, -0.2) is 4.39 Å². The lowest BCUT2D eigenvalue weighted by Gasteiger charge is -2.10. The minimum Gasteiger partial charge on any atom is -0.270 e. The summed E-state index contributed by atoms with van der Waals surface area (Å²) >= 11 is 7.26. The van der Waals surface area contributed by atoms with E-state index in [4.69, 9.17) is 11.6 Å². The molecule has 7 heteroatoms. The maximum absolute atomic E-state index is 13.2. The van der Waals surface area contributed by atoms with E-state index in [1.54, 1.807) is 24.5 Å². The van der Waals surface area contributed by atoms with Gasteiger partial charge in [0.2, 0.25) is 0 Å². The van der Waals surface area contributed by atoms with Crippen LogP contribution in [-0.2, 0) is 0 Å². The van der Waals surface area contributed by atoms with E-state index in [1.807, 2.05) is 16.7 Å². The monoisotopic (exact) mass is 346 g/mol. The summed E-state index contributed by atoms with van der Waals surface area (Å²) in [7, 11) is 0. The van der Waals surface area contributed by atoms with Crippen molar-refractivity contribution in [3.8, 4) is 17.1 Å². The Morgan fingerprint density at radius 1 is 1.13 bits per heavy atom. The molecule has 2 heterocycles. The Balaban J connectivity index is 2.10. The van der Waals surface area contributed by atoms with E-state index in [2.05, 4.69) is 21.8 Å². The zero-order chi connectivity index (χ0) is 16.2. The summed E-state index contributed by atoms with van der Waals surface area (Å²) in [4.78, 5) is 4.01. The first-order valence-electron chi connectivity index (χ1n) is 6.73. The lowest BCUT2D eigenvalue weighted by atomic mass is 10.2. The van der Waals surface area contributed by atoms with Crippen LogP contribution in [0.5, 0.6) is 0 Å². The van der Waals surface area contributed by atoms with E-state index in [1.165, 1.54) is 23.9 Å². The highest BCUT2D eigenvalue weighted by atomic mass is 35.5. The van der Waals surface area contributed by atoms with Crippen LogP contribution >= 0.6 is 23.4 Å². The van der Waals surface area contributed by atoms with E-state index in [0.29, 0.717) is 21.8 Å². The van der Waals surface area contributed by atoms with Gasteiger partial charge in [-0.2, -0.15) is 0 Å². The quantitative estimate of drug-likeness (QED) is 0.645. The standard InChI is InChI=1S/C16H12ClFN4S/c1-11(17)10-23-16-21-20-15(12-6-8-19-9-7-12)22(16)14-4-2-13(18)3-5-14/h2-9H,1,10H2. The third-order valence-corrected chi connectivity index (χ3v) is 4.32. The highest BCUT2D eigenvalue weighted by Crippen LogP contribution is 2.28. The van der Waals surface area contributed by atoms with Crippen molar-refractivity contribution in [1.29, 1.82) is 0 Å². The van der Waals surface area contributed by atoms with Crippen LogP contribution < -0.4 is 0 Å². The summed E-state index contributed by atoms with van der Waals surface area (Å²) in [5, 5.41) is 9.67. The van der Waals surface area contributed by atoms with Gasteiger partial charge in [0.15, 0.2) is 11.0 Å². The smallest absolute Gasteiger partial charge is 0.196 e. The molecule has 0 saturated carbocycles. The first kappa shape index (κ1) is 15.7. The van der Waals surface area contributed by atoms with Crippen molar-refractivity contribution in [2.24, 2.45) is 0 Å². The Kier molecular flexibility index (Phi) is 4.73. The molecule has 4 nitrogen and oxygen atoms in total. The summed E-state index contributed by atoms with van der Waals surface area (Å²) in [6.45, 7) is 3.68. The lowest BCUT2D eigenvalue weighted by Crippen LogP contribution is -2.00. The number of aromatic nitrogens is 4. The number of benzene rings is 1. The highest BCUT2D eigenvalue weighted by molar-refractivity contribution is 7.99. The molecule has 0 unspecified atom stereocenters. The van der Waals surface area contributed by atoms with Gasteiger partial charge >= 0.3 is 0 Å². The molecule has 0 amide bonds. The largest absolute Gasteiger partial charge is 0.270 e. The molecule has 3 aromatic rings. The summed E-state index contributed by atoms with van der Waals surface area (Å²) in [6.07, 6.45) is 3.37. The van der Waals surface area contributed by atoms with Crippen LogP contribution in [0.15, 0.2) is 65.6 Å². The normalized spacial score (nSPS) is 10.7. The van der Waals surface area contributed by atoms with Crippen molar-refractivity contribution in [2.45, 2.75) is 5.16 Å². The van der Waals surface area contributed by atoms with Gasteiger partial charge in [-0.1, -0.05) is 29.9 Å². The van der Waals surface area contributed by atoms with Gasteiger partial charge in [0.1, 0.15) is 5.82 Å². The molecule has 0 radical (unpaired) electrons. The molecule has 2 aromatic heterocycles. The van der Waals surface area contributed by atoms with E-state index in [-0.39, 0.29) is 5.82 Å². The predicted molar refractivity (Wildman–Crippen MR) is 90.3 cm³/mol. The van der Waals surface area contributed by atoms with Crippen LogP contribution in [0.2, 0.25) is 0 Å². The van der Waals surface area contributed by atoms with Gasteiger partial charge in [-0.3, -0.25) is 9.55 Å². The molecular weight excluding hydrogens is 335 g/mol. The van der Waals surface area contributed by atoms with Gasteiger partial charge in [0, 0.05) is 34.4 Å². The lowest BCUT2D eigenvalue weighted by molar-refractivity contribution is 0.627. The number of pyridine rings is 1. The van der Waals surface area contributed by atoms with Gasteiger partial charge in [0.25, 0.3) is 0 Å². The van der Waals surface area contributed by atoms with E-state index < -0.39 is 0 Å². The molecule has 23 heavy (non-hydrogen) atoms. The third kappa shape index (κ3) is 3.60. The summed E-state index contributed by atoms with van der Waals surface area (Å²) < 4.78 is 15.1. The van der Waals surface area contributed by atoms with Crippen LogP contribution in [0.3, 0.4) is 0 Å². The maximum Gasteiger partial charge on any atom is 0.196 e. The number of hydrogen-bond donors (Lipinski definition) is 0. The van der Waals surface area contributed by atoms with Gasteiger partial charge in [-0.05, 0) is 36.4 Å². The zero-order valence-electron chi connectivity index (χ0n) is 12.0. The number of thioether (sulfide) groups is 1. The Bertz CT molecular complexity index is 818. The predicted octanol–water partition coefficient (Wildman–Crippen LogP) is 4.31. The van der Waals surface area contributed by atoms with Crippen molar-refractivity contribution in [3.05, 3.63) is 66.2 Å². The van der Waals surface area contributed by atoms with E-state index in [0.717, 1.165) is 11.3 Å². The molecule has 0 bridgehead atoms. The van der Waals surface area contributed by atoms with Gasteiger partial charge in [-0.15, -0.1) is 10.2 Å². The summed E-state index contributed by atoms with van der Waals surface area (Å²) in [6, 6.07) is 9.87. The minimum atomic E-state index is -0.296. The molecule has 0 fully saturated rings. The molecule has 0 N–H and O–H groups in total. The zero-order valence-corrected chi connectivity index (χ0v) is 13.6.